The molecule has 0 spiro atoms. The van der Waals surface area contributed by atoms with Crippen molar-refractivity contribution in [1.29, 1.82) is 0 Å². The Balaban J connectivity index is 2.03. The highest BCUT2D eigenvalue weighted by molar-refractivity contribution is 5.89. The van der Waals surface area contributed by atoms with Crippen molar-refractivity contribution in [1.82, 2.24) is 16.0 Å². The highest BCUT2D eigenvalue weighted by atomic mass is 19.3. The number of carbonyl (C=O) groups excluding carboxylic acids is 2. The van der Waals surface area contributed by atoms with Crippen LogP contribution in [0.15, 0.2) is 18.2 Å². The monoisotopic (exact) mass is 329 g/mol. The van der Waals surface area contributed by atoms with Gasteiger partial charge in [-0.2, -0.15) is 0 Å². The molecule has 0 saturated carbocycles. The van der Waals surface area contributed by atoms with Gasteiger partial charge in [0.2, 0.25) is 11.8 Å². The molecule has 0 bridgehead atoms. The minimum atomic E-state index is -2.89. The SMILES string of the molecule is CC1NC(=O)CC(C(=O)N[C@H](C)c2ccc(C(F)F)c(F)c2)N1. The van der Waals surface area contributed by atoms with Crippen LogP contribution in [0.1, 0.15) is 43.9 Å². The van der Waals surface area contributed by atoms with Gasteiger partial charge in [0.15, 0.2) is 0 Å². The molecule has 3 atom stereocenters. The number of hydrogen-bond donors (Lipinski definition) is 3. The van der Waals surface area contributed by atoms with E-state index in [1.807, 2.05) is 0 Å². The van der Waals surface area contributed by atoms with Gasteiger partial charge in [-0.05, 0) is 25.5 Å². The predicted molar refractivity (Wildman–Crippen MR) is 77.1 cm³/mol. The van der Waals surface area contributed by atoms with Gasteiger partial charge >= 0.3 is 0 Å². The molecule has 1 fully saturated rings. The van der Waals surface area contributed by atoms with Crippen molar-refractivity contribution < 1.29 is 22.8 Å². The molecular weight excluding hydrogens is 311 g/mol. The Morgan fingerprint density at radius 3 is 2.65 bits per heavy atom. The van der Waals surface area contributed by atoms with Gasteiger partial charge in [0.05, 0.1) is 30.2 Å². The molecule has 0 radical (unpaired) electrons. The van der Waals surface area contributed by atoms with Crippen LogP contribution in [-0.4, -0.2) is 24.0 Å². The van der Waals surface area contributed by atoms with Crippen LogP contribution in [0.2, 0.25) is 0 Å². The maximum absolute atomic E-state index is 13.6. The van der Waals surface area contributed by atoms with Gasteiger partial charge in [-0.1, -0.05) is 12.1 Å². The average Bonchev–Trinajstić information content (AvgIpc) is 2.45. The maximum atomic E-state index is 13.6. The van der Waals surface area contributed by atoms with Crippen LogP contribution >= 0.6 is 0 Å². The highest BCUT2D eigenvalue weighted by Gasteiger charge is 2.29. The summed E-state index contributed by atoms with van der Waals surface area (Å²) in [6, 6.07) is 2.07. The van der Waals surface area contributed by atoms with Crippen LogP contribution in [-0.2, 0) is 9.59 Å². The topological polar surface area (TPSA) is 70.2 Å². The average molecular weight is 329 g/mol. The van der Waals surface area contributed by atoms with E-state index in [2.05, 4.69) is 16.0 Å². The Morgan fingerprint density at radius 2 is 2.09 bits per heavy atom. The summed E-state index contributed by atoms with van der Waals surface area (Å²) in [4.78, 5) is 23.6. The molecule has 1 aliphatic rings. The third-order valence-electron chi connectivity index (χ3n) is 3.65. The summed E-state index contributed by atoms with van der Waals surface area (Å²) in [6.07, 6.45) is -3.22. The third-order valence-corrected chi connectivity index (χ3v) is 3.65. The van der Waals surface area contributed by atoms with Gasteiger partial charge in [-0.3, -0.25) is 14.9 Å². The zero-order valence-electron chi connectivity index (χ0n) is 12.7. The van der Waals surface area contributed by atoms with Crippen molar-refractivity contribution in [2.24, 2.45) is 0 Å². The summed E-state index contributed by atoms with van der Waals surface area (Å²) in [6.45, 7) is 3.32. The summed E-state index contributed by atoms with van der Waals surface area (Å²) in [5.74, 6) is -1.66. The van der Waals surface area contributed by atoms with Crippen LogP contribution in [0.25, 0.3) is 0 Å². The summed E-state index contributed by atoms with van der Waals surface area (Å²) in [7, 11) is 0. The standard InChI is InChI=1S/C15H18F3N3O2/c1-7(9-3-4-10(14(17)18)11(16)5-9)19-15(23)12-6-13(22)21-8(2)20-12/h3-5,7-8,12,14,20H,6H2,1-2H3,(H,19,23)(H,21,22)/t7-,8?,12?/m1/s1. The van der Waals surface area contributed by atoms with Gasteiger partial charge < -0.3 is 10.6 Å². The molecule has 23 heavy (non-hydrogen) atoms. The molecule has 2 unspecified atom stereocenters. The first-order valence-corrected chi connectivity index (χ1v) is 7.21. The first-order chi connectivity index (χ1) is 10.8. The number of amides is 2. The zero-order chi connectivity index (χ0) is 17.1. The zero-order valence-corrected chi connectivity index (χ0v) is 12.7. The minimum Gasteiger partial charge on any atom is -0.348 e. The molecule has 8 heteroatoms. The molecule has 126 valence electrons. The van der Waals surface area contributed by atoms with Crippen LogP contribution in [0, 0.1) is 5.82 Å². The minimum absolute atomic E-state index is 0.00156. The molecule has 3 N–H and O–H groups in total. The van der Waals surface area contributed by atoms with Crippen molar-refractivity contribution >= 4 is 11.8 Å². The number of halogens is 3. The number of nitrogens with one attached hydrogen (secondary N) is 3. The second-order valence-electron chi connectivity index (χ2n) is 5.52. The van der Waals surface area contributed by atoms with Crippen LogP contribution < -0.4 is 16.0 Å². The second-order valence-corrected chi connectivity index (χ2v) is 5.52. The van der Waals surface area contributed by atoms with E-state index in [0.29, 0.717) is 5.56 Å². The van der Waals surface area contributed by atoms with Crippen LogP contribution in [0.5, 0.6) is 0 Å². The smallest absolute Gasteiger partial charge is 0.266 e. The lowest BCUT2D eigenvalue weighted by molar-refractivity contribution is -0.132. The summed E-state index contributed by atoms with van der Waals surface area (Å²) in [5, 5.41) is 8.19. The lowest BCUT2D eigenvalue weighted by Crippen LogP contribution is -2.59. The summed E-state index contributed by atoms with van der Waals surface area (Å²) in [5.41, 5.74) is -0.305. The number of benzene rings is 1. The number of rotatable bonds is 4. The molecule has 1 aliphatic heterocycles. The van der Waals surface area contributed by atoms with E-state index in [9.17, 15) is 22.8 Å². The van der Waals surface area contributed by atoms with E-state index in [4.69, 9.17) is 0 Å². The lowest BCUT2D eigenvalue weighted by Gasteiger charge is -2.29. The van der Waals surface area contributed by atoms with Crippen molar-refractivity contribution in [2.45, 2.75) is 44.9 Å². The van der Waals surface area contributed by atoms with E-state index in [0.717, 1.165) is 12.1 Å². The van der Waals surface area contributed by atoms with E-state index < -0.39 is 35.8 Å². The molecule has 1 saturated heterocycles. The Morgan fingerprint density at radius 1 is 1.39 bits per heavy atom. The summed E-state index contributed by atoms with van der Waals surface area (Å²) < 4.78 is 38.7. The third kappa shape index (κ3) is 4.22. The van der Waals surface area contributed by atoms with E-state index in [1.54, 1.807) is 13.8 Å². The van der Waals surface area contributed by atoms with E-state index in [-0.39, 0.29) is 18.5 Å². The van der Waals surface area contributed by atoms with Crippen molar-refractivity contribution in [2.75, 3.05) is 0 Å². The molecule has 1 aromatic rings. The predicted octanol–water partition coefficient (Wildman–Crippen LogP) is 1.76. The van der Waals surface area contributed by atoms with Gasteiger partial charge in [0, 0.05) is 0 Å². The molecule has 2 amide bonds. The lowest BCUT2D eigenvalue weighted by atomic mass is 10.0. The molecule has 2 rings (SSSR count). The Labute approximate surface area is 131 Å². The second kappa shape index (κ2) is 6.99. The van der Waals surface area contributed by atoms with Crippen molar-refractivity contribution in [3.63, 3.8) is 0 Å². The van der Waals surface area contributed by atoms with Gasteiger partial charge in [0.1, 0.15) is 5.82 Å². The number of alkyl halides is 2. The van der Waals surface area contributed by atoms with Gasteiger partial charge in [-0.15, -0.1) is 0 Å². The molecule has 1 aromatic carbocycles. The van der Waals surface area contributed by atoms with Crippen molar-refractivity contribution in [3.05, 3.63) is 35.1 Å². The fourth-order valence-electron chi connectivity index (χ4n) is 2.44. The van der Waals surface area contributed by atoms with E-state index >= 15 is 0 Å². The quantitative estimate of drug-likeness (QED) is 0.788. The molecule has 5 nitrogen and oxygen atoms in total. The summed E-state index contributed by atoms with van der Waals surface area (Å²) >= 11 is 0. The molecule has 0 aliphatic carbocycles. The fourth-order valence-corrected chi connectivity index (χ4v) is 2.44. The Bertz CT molecular complexity index is 610. The van der Waals surface area contributed by atoms with Crippen molar-refractivity contribution in [3.8, 4) is 0 Å². The highest BCUT2D eigenvalue weighted by Crippen LogP contribution is 2.24. The molecular formula is C15H18F3N3O2. The number of hydrogen-bond acceptors (Lipinski definition) is 3. The number of carbonyl (C=O) groups is 2. The first-order valence-electron chi connectivity index (χ1n) is 7.21. The van der Waals surface area contributed by atoms with E-state index in [1.165, 1.54) is 6.07 Å². The van der Waals surface area contributed by atoms with Crippen LogP contribution in [0.3, 0.4) is 0 Å². The largest absolute Gasteiger partial charge is 0.348 e. The van der Waals surface area contributed by atoms with Crippen LogP contribution in [0.4, 0.5) is 13.2 Å². The normalized spacial score (nSPS) is 22.6. The first kappa shape index (κ1) is 17.3. The Hall–Kier alpha value is -2.09. The Kier molecular flexibility index (Phi) is 5.25. The molecule has 0 aromatic heterocycles. The maximum Gasteiger partial charge on any atom is 0.266 e. The van der Waals surface area contributed by atoms with Gasteiger partial charge in [0.25, 0.3) is 6.43 Å². The molecule has 1 heterocycles. The van der Waals surface area contributed by atoms with Gasteiger partial charge in [-0.25, -0.2) is 13.2 Å². The fraction of sp³-hybridized carbons (Fsp3) is 0.467.